The molecular weight excluding hydrogens is 562 g/mol. The summed E-state index contributed by atoms with van der Waals surface area (Å²) in [6, 6.07) is 26.4. The maximum Gasteiger partial charge on any atom is 0.274 e. The Morgan fingerprint density at radius 3 is 2.58 bits per heavy atom. The van der Waals surface area contributed by atoms with Crippen LogP contribution in [0.2, 0.25) is 0 Å². The number of aryl methyl sites for hydroxylation is 1. The number of carbonyl (C=O) groups is 2. The number of nitrogens with zero attached hydrogens (tertiary/aromatic N) is 2. The minimum atomic E-state index is -0.216. The van der Waals surface area contributed by atoms with Crippen molar-refractivity contribution in [3.05, 3.63) is 102 Å². The summed E-state index contributed by atoms with van der Waals surface area (Å²) in [5.41, 5.74) is 10.8. The molecule has 0 saturated heterocycles. The number of benzene rings is 4. The van der Waals surface area contributed by atoms with E-state index in [-0.39, 0.29) is 23.5 Å². The van der Waals surface area contributed by atoms with Crippen LogP contribution in [0.5, 0.6) is 5.75 Å². The number of phenolic OH excluding ortho intramolecular Hbond substituents is 1. The number of halogens is 1. The largest absolute Gasteiger partial charge is 0.507 e. The maximum absolute atomic E-state index is 13.8. The number of alkyl halides is 1. The Kier molecular flexibility index (Phi) is 6.80. The van der Waals surface area contributed by atoms with Gasteiger partial charge in [0.15, 0.2) is 0 Å². The fraction of sp³-hybridized carbons (Fsp3) is 0.176. The highest BCUT2D eigenvalue weighted by molar-refractivity contribution is 6.19. The van der Waals surface area contributed by atoms with E-state index < -0.39 is 0 Å². The number of rotatable bonds is 7. The minimum Gasteiger partial charge on any atom is -0.507 e. The molecule has 2 amide bonds. The molecule has 1 aliphatic heterocycles. The van der Waals surface area contributed by atoms with Gasteiger partial charge in [-0.05, 0) is 60.3 Å². The van der Waals surface area contributed by atoms with Crippen molar-refractivity contribution in [2.45, 2.75) is 18.9 Å². The number of hydrogen-bond acceptors (Lipinski definition) is 4. The molecule has 43 heavy (non-hydrogen) atoms. The number of H-pyrrole nitrogens is 1. The average Bonchev–Trinajstić information content (AvgIpc) is 3.73. The van der Waals surface area contributed by atoms with E-state index in [0.29, 0.717) is 48.3 Å². The van der Waals surface area contributed by atoms with Crippen molar-refractivity contribution < 1.29 is 14.7 Å². The van der Waals surface area contributed by atoms with Crippen LogP contribution < -0.4 is 16.0 Å². The Hall–Kier alpha value is -4.79. The monoisotopic (exact) mass is 591 g/mol. The van der Waals surface area contributed by atoms with Gasteiger partial charge in [-0.2, -0.15) is 0 Å². The van der Waals surface area contributed by atoms with Gasteiger partial charge in [0, 0.05) is 63.8 Å². The second-order valence-corrected chi connectivity index (χ2v) is 11.3. The number of aromatic hydroxyl groups is 1. The van der Waals surface area contributed by atoms with Gasteiger partial charge in [-0.15, -0.1) is 11.6 Å². The summed E-state index contributed by atoms with van der Waals surface area (Å²) in [5.74, 6) is -0.00634. The molecule has 5 N–H and O–H groups in total. The number of amides is 2. The zero-order valence-corrected chi connectivity index (χ0v) is 24.1. The summed E-state index contributed by atoms with van der Waals surface area (Å²) >= 11 is 6.37. The number of nitrogens with two attached hydrogens (primary N) is 1. The Morgan fingerprint density at radius 2 is 1.77 bits per heavy atom. The van der Waals surface area contributed by atoms with Crippen LogP contribution in [-0.2, 0) is 6.54 Å². The molecule has 216 valence electrons. The van der Waals surface area contributed by atoms with Crippen molar-refractivity contribution in [1.82, 2.24) is 9.55 Å². The molecule has 1 atom stereocenters. The molecule has 1 unspecified atom stereocenters. The summed E-state index contributed by atoms with van der Waals surface area (Å²) < 4.78 is 2.01. The van der Waals surface area contributed by atoms with E-state index in [1.165, 1.54) is 0 Å². The first kappa shape index (κ1) is 27.1. The van der Waals surface area contributed by atoms with Crippen LogP contribution >= 0.6 is 11.6 Å². The van der Waals surface area contributed by atoms with E-state index >= 15 is 0 Å². The van der Waals surface area contributed by atoms with Gasteiger partial charge in [0.05, 0.1) is 5.69 Å². The third-order valence-corrected chi connectivity index (χ3v) is 8.69. The molecule has 4 aromatic carbocycles. The Balaban J connectivity index is 1.18. The van der Waals surface area contributed by atoms with Crippen LogP contribution in [0.25, 0.3) is 32.6 Å². The summed E-state index contributed by atoms with van der Waals surface area (Å²) in [6.07, 6.45) is 0.758. The van der Waals surface area contributed by atoms with Crippen molar-refractivity contribution in [1.29, 1.82) is 0 Å². The van der Waals surface area contributed by atoms with Gasteiger partial charge >= 0.3 is 0 Å². The van der Waals surface area contributed by atoms with E-state index in [1.54, 1.807) is 17.0 Å². The number of fused-ring (bicyclic) bond motifs is 5. The number of phenols is 1. The van der Waals surface area contributed by atoms with E-state index in [2.05, 4.69) is 10.3 Å². The number of anilines is 2. The van der Waals surface area contributed by atoms with E-state index in [0.717, 1.165) is 44.6 Å². The Labute approximate surface area is 252 Å². The molecule has 0 fully saturated rings. The number of aromatic nitrogens is 2. The molecule has 9 heteroatoms. The second kappa shape index (κ2) is 10.8. The molecule has 3 heterocycles. The number of carbonyl (C=O) groups excluding carboxylic acids is 2. The van der Waals surface area contributed by atoms with Gasteiger partial charge in [-0.1, -0.05) is 42.5 Å². The molecule has 2 aromatic heterocycles. The molecular formula is C34H30ClN5O3. The van der Waals surface area contributed by atoms with Crippen LogP contribution in [0, 0.1) is 0 Å². The van der Waals surface area contributed by atoms with Gasteiger partial charge < -0.3 is 30.6 Å². The summed E-state index contributed by atoms with van der Waals surface area (Å²) in [6.45, 7) is 1.60. The molecule has 0 aliphatic carbocycles. The highest BCUT2D eigenvalue weighted by atomic mass is 35.5. The molecule has 0 spiro atoms. The minimum absolute atomic E-state index is 0.0576. The molecule has 0 radical (unpaired) electrons. The predicted molar refractivity (Wildman–Crippen MR) is 173 cm³/mol. The number of aromatic amines is 1. The lowest BCUT2D eigenvalue weighted by Crippen LogP contribution is -2.30. The van der Waals surface area contributed by atoms with Gasteiger partial charge in [0.2, 0.25) is 0 Å². The predicted octanol–water partition coefficient (Wildman–Crippen LogP) is 6.57. The highest BCUT2D eigenvalue weighted by Gasteiger charge is 2.35. The van der Waals surface area contributed by atoms with Crippen molar-refractivity contribution in [3.8, 4) is 5.75 Å². The first-order valence-corrected chi connectivity index (χ1v) is 14.8. The summed E-state index contributed by atoms with van der Waals surface area (Å²) in [5, 5.41) is 17.2. The maximum atomic E-state index is 13.8. The first-order chi connectivity index (χ1) is 21.0. The van der Waals surface area contributed by atoms with Gasteiger partial charge in [0.1, 0.15) is 17.1 Å². The average molecular weight is 592 g/mol. The SMILES string of the molecule is NCCCn1c(C(=O)Nc2ccc3[nH]c(C(=O)N4CC(CCl)c5c4cc(O)c4ccccc54)cc3c2)cc2ccccc21. The molecule has 0 saturated carbocycles. The quantitative estimate of drug-likeness (QED) is 0.157. The third-order valence-electron chi connectivity index (χ3n) is 8.31. The van der Waals surface area contributed by atoms with Crippen molar-refractivity contribution in [2.24, 2.45) is 5.73 Å². The third kappa shape index (κ3) is 4.59. The number of hydrogen-bond donors (Lipinski definition) is 4. The topological polar surface area (TPSA) is 116 Å². The molecule has 6 aromatic rings. The van der Waals surface area contributed by atoms with Crippen LogP contribution in [-0.4, -0.2) is 45.4 Å². The molecule has 0 bridgehead atoms. The molecule has 1 aliphatic rings. The van der Waals surface area contributed by atoms with Crippen LogP contribution in [0.3, 0.4) is 0 Å². The Morgan fingerprint density at radius 1 is 0.977 bits per heavy atom. The van der Waals surface area contributed by atoms with Crippen molar-refractivity contribution in [2.75, 3.05) is 29.2 Å². The normalized spacial score (nSPS) is 14.6. The fourth-order valence-electron chi connectivity index (χ4n) is 6.30. The van der Waals surface area contributed by atoms with Gasteiger partial charge in [0.25, 0.3) is 11.8 Å². The number of nitrogens with one attached hydrogen (secondary N) is 2. The second-order valence-electron chi connectivity index (χ2n) is 11.0. The van der Waals surface area contributed by atoms with E-state index in [9.17, 15) is 14.7 Å². The van der Waals surface area contributed by atoms with Crippen LogP contribution in [0.1, 0.15) is 38.9 Å². The lowest BCUT2D eigenvalue weighted by Gasteiger charge is -2.17. The van der Waals surface area contributed by atoms with Gasteiger partial charge in [-0.3, -0.25) is 9.59 Å². The van der Waals surface area contributed by atoms with Crippen LogP contribution in [0.4, 0.5) is 11.4 Å². The molecule has 7 rings (SSSR count). The zero-order chi connectivity index (χ0) is 29.7. The van der Waals surface area contributed by atoms with E-state index in [1.807, 2.05) is 77.4 Å². The van der Waals surface area contributed by atoms with E-state index in [4.69, 9.17) is 17.3 Å². The standard InChI is InChI=1S/C34H30ClN5O3/c35-18-22-19-40(29-17-31(41)24-7-2-3-8-25(24)32(22)29)34(43)27-15-21-14-23(10-11-26(21)38-27)37-33(42)30-16-20-6-1-4-9-28(20)39(30)13-5-12-36/h1-4,6-11,14-17,22,38,41H,5,12-13,18-19,36H2,(H,37,42). The van der Waals surface area contributed by atoms with Crippen molar-refractivity contribution >= 4 is 67.4 Å². The van der Waals surface area contributed by atoms with Gasteiger partial charge in [-0.25, -0.2) is 0 Å². The first-order valence-electron chi connectivity index (χ1n) is 14.3. The molecule has 8 nitrogen and oxygen atoms in total. The zero-order valence-electron chi connectivity index (χ0n) is 23.3. The number of para-hydroxylation sites is 1. The smallest absolute Gasteiger partial charge is 0.274 e. The summed E-state index contributed by atoms with van der Waals surface area (Å²) in [7, 11) is 0. The Bertz CT molecular complexity index is 2050. The highest BCUT2D eigenvalue weighted by Crippen LogP contribution is 2.45. The lowest BCUT2D eigenvalue weighted by molar-refractivity contribution is 0.0982. The van der Waals surface area contributed by atoms with Crippen molar-refractivity contribution in [3.63, 3.8) is 0 Å². The lowest BCUT2D eigenvalue weighted by atomic mass is 9.95. The summed E-state index contributed by atoms with van der Waals surface area (Å²) in [4.78, 5) is 32.2. The van der Waals surface area contributed by atoms with Crippen LogP contribution in [0.15, 0.2) is 84.9 Å². The fourth-order valence-corrected chi connectivity index (χ4v) is 6.55.